The molecule has 0 saturated heterocycles. The van der Waals surface area contributed by atoms with Gasteiger partial charge in [-0.1, -0.05) is 176 Å². The van der Waals surface area contributed by atoms with Crippen LogP contribution in [0, 0.1) is 0 Å². The zero-order valence-electron chi connectivity index (χ0n) is 34.0. The van der Waals surface area contributed by atoms with E-state index in [-0.39, 0.29) is 0 Å². The van der Waals surface area contributed by atoms with E-state index < -0.39 is 0 Å². The van der Waals surface area contributed by atoms with Crippen LogP contribution in [0.15, 0.2) is 223 Å². The first-order chi connectivity index (χ1) is 31.2. The number of rotatable bonds is 7. The number of hydrogen-bond donors (Lipinski definition) is 0. The molecule has 0 aliphatic rings. The minimum atomic E-state index is 0.605. The Hall–Kier alpha value is -8.54. The van der Waals surface area contributed by atoms with Gasteiger partial charge in [0.25, 0.3) is 0 Å². The molecular weight excluding hydrogens is 769 g/mol. The van der Waals surface area contributed by atoms with E-state index >= 15 is 0 Å². The Kier molecular flexibility index (Phi) is 8.75. The van der Waals surface area contributed by atoms with Gasteiger partial charge in [-0.15, -0.1) is 0 Å². The molecule has 0 fully saturated rings. The molecule has 0 spiro atoms. The van der Waals surface area contributed by atoms with Gasteiger partial charge in [0, 0.05) is 49.2 Å². The molecule has 12 rings (SSSR count). The fraction of sp³-hybridized carbons (Fsp3) is 0. The second kappa shape index (κ2) is 15.2. The van der Waals surface area contributed by atoms with E-state index in [1.165, 1.54) is 0 Å². The molecule has 0 bridgehead atoms. The highest BCUT2D eigenvalue weighted by Gasteiger charge is 2.19. The molecule has 9 aromatic carbocycles. The molecule has 3 heterocycles. The second-order valence-electron chi connectivity index (χ2n) is 15.8. The van der Waals surface area contributed by atoms with Crippen LogP contribution in [0.3, 0.4) is 0 Å². The molecule has 0 aliphatic heterocycles. The summed E-state index contributed by atoms with van der Waals surface area (Å²) >= 11 is 0. The smallest absolute Gasteiger partial charge is 0.164 e. The van der Waals surface area contributed by atoms with Gasteiger partial charge >= 0.3 is 0 Å². The van der Waals surface area contributed by atoms with Crippen molar-refractivity contribution in [3.05, 3.63) is 218 Å². The lowest BCUT2D eigenvalue weighted by Crippen LogP contribution is -2.00. The van der Waals surface area contributed by atoms with Crippen molar-refractivity contribution in [2.75, 3.05) is 0 Å². The minimum absolute atomic E-state index is 0.605. The van der Waals surface area contributed by atoms with Crippen molar-refractivity contribution in [3.63, 3.8) is 0 Å². The van der Waals surface area contributed by atoms with Gasteiger partial charge in [-0.2, -0.15) is 0 Å². The van der Waals surface area contributed by atoms with Gasteiger partial charge in [0.2, 0.25) is 0 Å². The Labute approximate surface area is 363 Å². The predicted molar refractivity (Wildman–Crippen MR) is 258 cm³/mol. The van der Waals surface area contributed by atoms with Gasteiger partial charge in [-0.05, 0) is 75.8 Å². The highest BCUT2D eigenvalue weighted by Crippen LogP contribution is 2.42. The molecule has 63 heavy (non-hydrogen) atoms. The number of para-hydroxylation sites is 1. The summed E-state index contributed by atoms with van der Waals surface area (Å²) in [6.45, 7) is 0. The number of nitrogens with zero attached hydrogens (tertiary/aromatic N) is 4. The molecule has 0 aliphatic carbocycles. The predicted octanol–water partition coefficient (Wildman–Crippen LogP) is 15.1. The second-order valence-corrected chi connectivity index (χ2v) is 15.8. The van der Waals surface area contributed by atoms with Crippen LogP contribution in [0.25, 0.3) is 122 Å². The van der Waals surface area contributed by atoms with Crippen LogP contribution in [-0.2, 0) is 0 Å². The van der Waals surface area contributed by atoms with E-state index in [1.807, 2.05) is 30.3 Å². The quantitative estimate of drug-likeness (QED) is 0.150. The van der Waals surface area contributed by atoms with Crippen molar-refractivity contribution < 1.29 is 4.42 Å². The van der Waals surface area contributed by atoms with Gasteiger partial charge < -0.3 is 4.42 Å². The Morgan fingerprint density at radius 1 is 0.254 bits per heavy atom. The molecule has 0 unspecified atom stereocenters. The van der Waals surface area contributed by atoms with E-state index in [2.05, 4.69) is 188 Å². The fourth-order valence-corrected chi connectivity index (χ4v) is 8.82. The summed E-state index contributed by atoms with van der Waals surface area (Å²) in [6.07, 6.45) is 0. The number of pyridine rings is 1. The topological polar surface area (TPSA) is 64.7 Å². The molecule has 0 radical (unpaired) electrons. The largest absolute Gasteiger partial charge is 0.456 e. The minimum Gasteiger partial charge on any atom is -0.456 e. The van der Waals surface area contributed by atoms with Crippen LogP contribution in [0.2, 0.25) is 0 Å². The molecule has 12 aromatic rings. The molecule has 294 valence electrons. The third-order valence-electron chi connectivity index (χ3n) is 11.9. The third kappa shape index (κ3) is 6.60. The Balaban J connectivity index is 0.987. The summed E-state index contributed by atoms with van der Waals surface area (Å²) in [5, 5.41) is 5.49. The lowest BCUT2D eigenvalue weighted by molar-refractivity contribution is 0.669. The van der Waals surface area contributed by atoms with Crippen molar-refractivity contribution in [2.45, 2.75) is 0 Å². The highest BCUT2D eigenvalue weighted by atomic mass is 16.3. The normalized spacial score (nSPS) is 11.5. The average molecular weight is 805 g/mol. The first-order valence-electron chi connectivity index (χ1n) is 21.1. The lowest BCUT2D eigenvalue weighted by Gasteiger charge is -2.13. The van der Waals surface area contributed by atoms with Gasteiger partial charge in [0.1, 0.15) is 11.2 Å². The highest BCUT2D eigenvalue weighted by molar-refractivity contribution is 6.28. The van der Waals surface area contributed by atoms with Crippen molar-refractivity contribution in [1.29, 1.82) is 0 Å². The molecule has 0 N–H and O–H groups in total. The van der Waals surface area contributed by atoms with Crippen LogP contribution in [0.1, 0.15) is 0 Å². The van der Waals surface area contributed by atoms with Gasteiger partial charge in [-0.25, -0.2) is 19.9 Å². The van der Waals surface area contributed by atoms with E-state index in [1.54, 1.807) is 0 Å². The fourth-order valence-electron chi connectivity index (χ4n) is 8.82. The Bertz CT molecular complexity index is 3560. The number of furan rings is 1. The van der Waals surface area contributed by atoms with Crippen LogP contribution < -0.4 is 0 Å². The van der Waals surface area contributed by atoms with Gasteiger partial charge in [-0.3, -0.25) is 0 Å². The monoisotopic (exact) mass is 804 g/mol. The molecule has 0 amide bonds. The summed E-state index contributed by atoms with van der Waals surface area (Å²) in [6, 6.07) is 75.7. The van der Waals surface area contributed by atoms with E-state index in [0.717, 1.165) is 105 Å². The molecule has 5 nitrogen and oxygen atoms in total. The SMILES string of the molecule is c1ccc(-c2cccc(-c3nc(-c4ccc(-c5ccc6nc(-c7ccccc7)c7ccc8oc9ccccc9c8c7c6c5)cc4)nc(-c4cccc(-c5ccccc5)c4)n3)c2)cc1. The van der Waals surface area contributed by atoms with Crippen LogP contribution >= 0.6 is 0 Å². The van der Waals surface area contributed by atoms with Crippen molar-refractivity contribution in [1.82, 2.24) is 19.9 Å². The molecule has 0 saturated carbocycles. The molecule has 3 aromatic heterocycles. The third-order valence-corrected chi connectivity index (χ3v) is 11.9. The molecule has 0 atom stereocenters. The number of aromatic nitrogens is 4. The van der Waals surface area contributed by atoms with Crippen LogP contribution in [0.5, 0.6) is 0 Å². The van der Waals surface area contributed by atoms with Crippen molar-refractivity contribution in [2.24, 2.45) is 0 Å². The summed E-state index contributed by atoms with van der Waals surface area (Å²) in [5.74, 6) is 1.83. The first kappa shape index (κ1) is 36.3. The van der Waals surface area contributed by atoms with E-state index in [4.69, 9.17) is 24.4 Å². The zero-order valence-corrected chi connectivity index (χ0v) is 34.0. The van der Waals surface area contributed by atoms with Crippen LogP contribution in [-0.4, -0.2) is 19.9 Å². The standard InChI is InChI=1S/C58H36N4O/c1-4-14-37(15-5-1)42-20-12-22-45(34-42)57-60-56(61-58(62-57)46-23-13-21-43(35-46)38-16-6-2-7-17-38)41-28-26-39(27-29-41)44-30-32-50-49(36-44)53-48(55(59-50)40-18-8-3-9-19-40)31-33-52-54(53)47-24-10-11-25-51(47)63-52/h1-36H. The maximum absolute atomic E-state index is 6.41. The summed E-state index contributed by atoms with van der Waals surface area (Å²) in [5.41, 5.74) is 14.1. The number of benzene rings is 9. The first-order valence-corrected chi connectivity index (χ1v) is 21.1. The number of fused-ring (bicyclic) bond motifs is 7. The van der Waals surface area contributed by atoms with Gasteiger partial charge in [0.05, 0.1) is 11.2 Å². The van der Waals surface area contributed by atoms with E-state index in [9.17, 15) is 0 Å². The van der Waals surface area contributed by atoms with Gasteiger partial charge in [0.15, 0.2) is 17.5 Å². The summed E-state index contributed by atoms with van der Waals surface area (Å²) in [7, 11) is 0. The zero-order chi connectivity index (χ0) is 41.7. The van der Waals surface area contributed by atoms with Crippen molar-refractivity contribution in [3.8, 4) is 78.8 Å². The maximum atomic E-state index is 6.41. The van der Waals surface area contributed by atoms with Crippen molar-refractivity contribution >= 4 is 43.6 Å². The lowest BCUT2D eigenvalue weighted by atomic mass is 9.94. The average Bonchev–Trinajstić information content (AvgIpc) is 3.76. The summed E-state index contributed by atoms with van der Waals surface area (Å²) in [4.78, 5) is 20.7. The number of hydrogen-bond acceptors (Lipinski definition) is 5. The van der Waals surface area contributed by atoms with E-state index in [0.29, 0.717) is 17.5 Å². The Morgan fingerprint density at radius 3 is 1.37 bits per heavy atom. The summed E-state index contributed by atoms with van der Waals surface area (Å²) < 4.78 is 6.41. The Morgan fingerprint density at radius 2 is 0.730 bits per heavy atom. The van der Waals surface area contributed by atoms with Crippen LogP contribution in [0.4, 0.5) is 0 Å². The maximum Gasteiger partial charge on any atom is 0.164 e. The molecular formula is C58H36N4O. The molecule has 5 heteroatoms.